The summed E-state index contributed by atoms with van der Waals surface area (Å²) >= 11 is 0. The lowest BCUT2D eigenvalue weighted by molar-refractivity contribution is -0.125. The minimum Gasteiger partial charge on any atom is -0.388 e. The molecule has 0 saturated carbocycles. The molecular formula is C12H26N2O2. The van der Waals surface area contributed by atoms with Gasteiger partial charge in [-0.2, -0.15) is 0 Å². The highest BCUT2D eigenvalue weighted by atomic mass is 16.3. The number of carbonyl (C=O) groups is 1. The Morgan fingerprint density at radius 2 is 1.88 bits per heavy atom. The largest absolute Gasteiger partial charge is 0.388 e. The van der Waals surface area contributed by atoms with Crippen molar-refractivity contribution in [2.24, 2.45) is 11.1 Å². The minimum absolute atomic E-state index is 0.205. The average Bonchev–Trinajstić information content (AvgIpc) is 2.11. The van der Waals surface area contributed by atoms with E-state index in [4.69, 9.17) is 5.73 Å². The predicted molar refractivity (Wildman–Crippen MR) is 66.0 cm³/mol. The summed E-state index contributed by atoms with van der Waals surface area (Å²) in [5, 5.41) is 12.6. The first-order valence-corrected chi connectivity index (χ1v) is 5.86. The van der Waals surface area contributed by atoms with Gasteiger partial charge in [0.25, 0.3) is 0 Å². The van der Waals surface area contributed by atoms with Gasteiger partial charge in [-0.3, -0.25) is 4.79 Å². The molecule has 0 rings (SSSR count). The van der Waals surface area contributed by atoms with Crippen LogP contribution in [0.1, 0.15) is 47.5 Å². The highest BCUT2D eigenvalue weighted by molar-refractivity contribution is 5.82. The smallest absolute Gasteiger partial charge is 0.237 e. The standard InChI is InChI=1S/C12H26N2O2/c1-6-7-12(5,16)8-14-10(15)9(13)11(2,3)4/h9,16H,6-8,13H2,1-5H3,(H,14,15)/t9-,12?/m1/s1. The van der Waals surface area contributed by atoms with Gasteiger partial charge >= 0.3 is 0 Å². The molecule has 4 N–H and O–H groups in total. The molecule has 4 nitrogen and oxygen atoms in total. The molecule has 0 aliphatic carbocycles. The van der Waals surface area contributed by atoms with Gasteiger partial charge in [0.1, 0.15) is 0 Å². The average molecular weight is 230 g/mol. The van der Waals surface area contributed by atoms with E-state index in [-0.39, 0.29) is 17.9 Å². The van der Waals surface area contributed by atoms with Crippen molar-refractivity contribution >= 4 is 5.91 Å². The Balaban J connectivity index is 4.18. The van der Waals surface area contributed by atoms with E-state index in [1.807, 2.05) is 27.7 Å². The number of nitrogens with one attached hydrogen (secondary N) is 1. The van der Waals surface area contributed by atoms with Crippen LogP contribution in [0.3, 0.4) is 0 Å². The first-order chi connectivity index (χ1) is 7.10. The van der Waals surface area contributed by atoms with Crippen molar-refractivity contribution in [2.75, 3.05) is 6.54 Å². The van der Waals surface area contributed by atoms with Crippen molar-refractivity contribution in [1.29, 1.82) is 0 Å². The molecule has 0 aliphatic heterocycles. The van der Waals surface area contributed by atoms with Gasteiger partial charge in [-0.25, -0.2) is 0 Å². The van der Waals surface area contributed by atoms with Gasteiger partial charge in [0, 0.05) is 6.54 Å². The number of rotatable bonds is 5. The summed E-state index contributed by atoms with van der Waals surface area (Å²) in [6, 6.07) is -0.551. The van der Waals surface area contributed by atoms with E-state index in [1.54, 1.807) is 6.92 Å². The van der Waals surface area contributed by atoms with E-state index >= 15 is 0 Å². The maximum atomic E-state index is 11.7. The summed E-state index contributed by atoms with van der Waals surface area (Å²) in [4.78, 5) is 11.7. The summed E-state index contributed by atoms with van der Waals surface area (Å²) in [7, 11) is 0. The Hall–Kier alpha value is -0.610. The molecular weight excluding hydrogens is 204 g/mol. The second-order valence-corrected chi connectivity index (χ2v) is 5.81. The molecule has 96 valence electrons. The van der Waals surface area contributed by atoms with Crippen LogP contribution < -0.4 is 11.1 Å². The van der Waals surface area contributed by atoms with Crippen LogP contribution in [0.25, 0.3) is 0 Å². The van der Waals surface area contributed by atoms with Crippen LogP contribution in [0.4, 0.5) is 0 Å². The van der Waals surface area contributed by atoms with Crippen molar-refractivity contribution in [1.82, 2.24) is 5.32 Å². The molecule has 0 aromatic heterocycles. The summed E-state index contributed by atoms with van der Waals surface area (Å²) in [5.41, 5.74) is 4.70. The fourth-order valence-corrected chi connectivity index (χ4v) is 1.41. The van der Waals surface area contributed by atoms with Gasteiger partial charge in [-0.05, 0) is 18.8 Å². The summed E-state index contributed by atoms with van der Waals surface area (Å²) < 4.78 is 0. The third kappa shape index (κ3) is 5.47. The van der Waals surface area contributed by atoms with Crippen molar-refractivity contribution in [3.05, 3.63) is 0 Å². The van der Waals surface area contributed by atoms with Gasteiger partial charge in [0.05, 0.1) is 11.6 Å². The molecule has 0 fully saturated rings. The molecule has 0 aromatic rings. The highest BCUT2D eigenvalue weighted by Crippen LogP contribution is 2.17. The molecule has 0 aliphatic rings. The summed E-state index contributed by atoms with van der Waals surface area (Å²) in [6.45, 7) is 9.73. The first-order valence-electron chi connectivity index (χ1n) is 5.86. The van der Waals surface area contributed by atoms with E-state index < -0.39 is 11.6 Å². The lowest BCUT2D eigenvalue weighted by Crippen LogP contribution is -2.51. The van der Waals surface area contributed by atoms with E-state index in [0.717, 1.165) is 6.42 Å². The van der Waals surface area contributed by atoms with E-state index in [1.165, 1.54) is 0 Å². The second-order valence-electron chi connectivity index (χ2n) is 5.81. The normalized spacial score (nSPS) is 17.7. The molecule has 1 unspecified atom stereocenters. The molecule has 4 heteroatoms. The number of nitrogens with two attached hydrogens (primary N) is 1. The fraction of sp³-hybridized carbons (Fsp3) is 0.917. The molecule has 0 bridgehead atoms. The molecule has 16 heavy (non-hydrogen) atoms. The van der Waals surface area contributed by atoms with E-state index in [9.17, 15) is 9.90 Å². The van der Waals surface area contributed by atoms with Gasteiger partial charge < -0.3 is 16.2 Å². The molecule has 0 aromatic carbocycles. The maximum absolute atomic E-state index is 11.7. The SMILES string of the molecule is CCCC(C)(O)CNC(=O)[C@@H](N)C(C)(C)C. The minimum atomic E-state index is -0.845. The lowest BCUT2D eigenvalue weighted by atomic mass is 9.87. The summed E-state index contributed by atoms with van der Waals surface area (Å²) in [5.74, 6) is -0.205. The van der Waals surface area contributed by atoms with Gasteiger partial charge in [0.2, 0.25) is 5.91 Å². The van der Waals surface area contributed by atoms with Crippen LogP contribution in [0, 0.1) is 5.41 Å². The maximum Gasteiger partial charge on any atom is 0.237 e. The fourth-order valence-electron chi connectivity index (χ4n) is 1.41. The zero-order chi connectivity index (χ0) is 13.0. The Bertz CT molecular complexity index is 232. The number of hydrogen-bond acceptors (Lipinski definition) is 3. The van der Waals surface area contributed by atoms with Gasteiger partial charge in [0.15, 0.2) is 0 Å². The predicted octanol–water partition coefficient (Wildman–Crippen LogP) is 1.03. The van der Waals surface area contributed by atoms with Crippen LogP contribution in [-0.4, -0.2) is 29.2 Å². The van der Waals surface area contributed by atoms with Crippen molar-refractivity contribution in [3.63, 3.8) is 0 Å². The number of aliphatic hydroxyl groups is 1. The molecule has 0 radical (unpaired) electrons. The van der Waals surface area contributed by atoms with E-state index in [0.29, 0.717) is 6.42 Å². The van der Waals surface area contributed by atoms with Crippen LogP contribution in [0.15, 0.2) is 0 Å². The second kappa shape index (κ2) is 5.64. The molecule has 2 atom stereocenters. The monoisotopic (exact) mass is 230 g/mol. The zero-order valence-corrected chi connectivity index (χ0v) is 11.1. The van der Waals surface area contributed by atoms with Crippen molar-refractivity contribution < 1.29 is 9.90 Å². The van der Waals surface area contributed by atoms with Crippen molar-refractivity contribution in [3.8, 4) is 0 Å². The highest BCUT2D eigenvalue weighted by Gasteiger charge is 2.29. The molecule has 0 spiro atoms. The van der Waals surface area contributed by atoms with Crippen LogP contribution in [0.2, 0.25) is 0 Å². The number of amides is 1. The first kappa shape index (κ1) is 15.4. The molecule has 0 saturated heterocycles. The third-order valence-corrected chi connectivity index (χ3v) is 2.65. The van der Waals surface area contributed by atoms with Crippen LogP contribution >= 0.6 is 0 Å². The van der Waals surface area contributed by atoms with Crippen molar-refractivity contribution in [2.45, 2.75) is 59.1 Å². The Morgan fingerprint density at radius 3 is 2.25 bits per heavy atom. The Labute approximate surface area is 98.6 Å². The quantitative estimate of drug-likeness (QED) is 0.660. The molecule has 1 amide bonds. The number of carbonyl (C=O) groups excluding carboxylic acids is 1. The topological polar surface area (TPSA) is 75.3 Å². The van der Waals surface area contributed by atoms with Gasteiger partial charge in [-0.15, -0.1) is 0 Å². The Morgan fingerprint density at radius 1 is 1.38 bits per heavy atom. The van der Waals surface area contributed by atoms with Crippen LogP contribution in [-0.2, 0) is 4.79 Å². The molecule has 0 heterocycles. The number of hydrogen-bond donors (Lipinski definition) is 3. The van der Waals surface area contributed by atoms with Crippen LogP contribution in [0.5, 0.6) is 0 Å². The Kier molecular flexibility index (Phi) is 5.42. The third-order valence-electron chi connectivity index (χ3n) is 2.65. The zero-order valence-electron chi connectivity index (χ0n) is 11.1. The van der Waals surface area contributed by atoms with Gasteiger partial charge in [-0.1, -0.05) is 34.1 Å². The lowest BCUT2D eigenvalue weighted by Gasteiger charge is -2.28. The summed E-state index contributed by atoms with van der Waals surface area (Å²) in [6.07, 6.45) is 1.55. The van der Waals surface area contributed by atoms with E-state index in [2.05, 4.69) is 5.32 Å².